The molecular weight excluding hydrogens is 274 g/mol. The lowest BCUT2D eigenvalue weighted by atomic mass is 9.91. The molecule has 6 heteroatoms. The number of benzene rings is 1. The highest BCUT2D eigenvalue weighted by molar-refractivity contribution is 6.05. The Kier molecular flexibility index (Phi) is 4.96. The Balaban J connectivity index is 3.06. The van der Waals surface area contributed by atoms with Gasteiger partial charge in [0, 0.05) is 6.42 Å². The Morgan fingerprint density at radius 1 is 1.14 bits per heavy atom. The molecule has 1 atom stereocenters. The normalized spacial score (nSPS) is 14.1. The van der Waals surface area contributed by atoms with Crippen LogP contribution in [0.2, 0.25) is 0 Å². The van der Waals surface area contributed by atoms with Gasteiger partial charge in [0.15, 0.2) is 0 Å². The van der Waals surface area contributed by atoms with E-state index in [0.717, 1.165) is 7.11 Å². The number of rotatable bonds is 4. The molecular formula is C15H21NO5. The van der Waals surface area contributed by atoms with Gasteiger partial charge in [-0.15, -0.1) is 0 Å². The van der Waals surface area contributed by atoms with Crippen molar-refractivity contribution < 1.29 is 24.2 Å². The molecule has 0 bridgehead atoms. The molecule has 0 aliphatic rings. The van der Waals surface area contributed by atoms with Gasteiger partial charge in [-0.1, -0.05) is 12.1 Å². The van der Waals surface area contributed by atoms with E-state index >= 15 is 0 Å². The molecule has 1 aromatic rings. The molecule has 0 radical (unpaired) electrons. The van der Waals surface area contributed by atoms with Crippen LogP contribution in [0.1, 0.15) is 26.3 Å². The van der Waals surface area contributed by atoms with Crippen LogP contribution in [0, 0.1) is 0 Å². The zero-order valence-corrected chi connectivity index (χ0v) is 12.7. The lowest BCUT2D eigenvalue weighted by Gasteiger charge is -2.29. The van der Waals surface area contributed by atoms with Crippen molar-refractivity contribution in [3.8, 4) is 5.75 Å². The topological polar surface area (TPSA) is 98.9 Å². The summed E-state index contributed by atoms with van der Waals surface area (Å²) in [4.78, 5) is 24.2. The lowest BCUT2D eigenvalue weighted by Crippen LogP contribution is -2.59. The van der Waals surface area contributed by atoms with Crippen molar-refractivity contribution in [1.29, 1.82) is 0 Å². The molecule has 0 heterocycles. The quantitative estimate of drug-likeness (QED) is 0.638. The number of hydrogen-bond donors (Lipinski definition) is 2. The molecule has 1 rings (SSSR count). The summed E-state index contributed by atoms with van der Waals surface area (Å²) in [6.07, 6.45) is -0.0884. The molecule has 3 N–H and O–H groups in total. The number of nitrogens with two attached hydrogens (primary N) is 1. The molecule has 0 fully saturated rings. The number of carbonyl (C=O) groups excluding carboxylic acids is 2. The SMILES string of the molecule is COC(=O)[C@@](N)(Cc1ccc(O)cc1)C(=O)OC(C)(C)C. The Morgan fingerprint density at radius 2 is 1.67 bits per heavy atom. The van der Waals surface area contributed by atoms with Gasteiger partial charge in [0.1, 0.15) is 11.4 Å². The summed E-state index contributed by atoms with van der Waals surface area (Å²) in [6, 6.07) is 6.04. The van der Waals surface area contributed by atoms with Gasteiger partial charge < -0.3 is 20.3 Å². The summed E-state index contributed by atoms with van der Waals surface area (Å²) in [5.41, 5.74) is 3.86. The van der Waals surface area contributed by atoms with E-state index in [2.05, 4.69) is 4.74 Å². The number of aromatic hydroxyl groups is 1. The first-order valence-corrected chi connectivity index (χ1v) is 6.47. The molecule has 0 amide bonds. The second-order valence-electron chi connectivity index (χ2n) is 5.81. The van der Waals surface area contributed by atoms with E-state index in [9.17, 15) is 14.7 Å². The molecule has 21 heavy (non-hydrogen) atoms. The summed E-state index contributed by atoms with van der Waals surface area (Å²) >= 11 is 0. The van der Waals surface area contributed by atoms with Gasteiger partial charge in [-0.05, 0) is 38.5 Å². The number of hydrogen-bond acceptors (Lipinski definition) is 6. The van der Waals surface area contributed by atoms with Crippen molar-refractivity contribution >= 4 is 11.9 Å². The van der Waals surface area contributed by atoms with E-state index in [-0.39, 0.29) is 12.2 Å². The van der Waals surface area contributed by atoms with Crippen LogP contribution in [0.25, 0.3) is 0 Å². The van der Waals surface area contributed by atoms with Gasteiger partial charge in [0.2, 0.25) is 5.54 Å². The van der Waals surface area contributed by atoms with Crippen molar-refractivity contribution in [2.24, 2.45) is 5.73 Å². The largest absolute Gasteiger partial charge is 0.508 e. The monoisotopic (exact) mass is 295 g/mol. The van der Waals surface area contributed by atoms with E-state index in [1.54, 1.807) is 32.9 Å². The molecule has 0 aromatic heterocycles. The van der Waals surface area contributed by atoms with Gasteiger partial charge >= 0.3 is 11.9 Å². The zero-order chi connectivity index (χ0) is 16.3. The second kappa shape index (κ2) is 6.13. The van der Waals surface area contributed by atoms with Gasteiger partial charge in [0.05, 0.1) is 7.11 Å². The van der Waals surface area contributed by atoms with Gasteiger partial charge in [-0.25, -0.2) is 9.59 Å². The first kappa shape index (κ1) is 17.0. The van der Waals surface area contributed by atoms with Crippen molar-refractivity contribution in [2.45, 2.75) is 38.3 Å². The predicted molar refractivity (Wildman–Crippen MR) is 76.6 cm³/mol. The van der Waals surface area contributed by atoms with Crippen LogP contribution in [-0.4, -0.2) is 35.3 Å². The van der Waals surface area contributed by atoms with Crippen LogP contribution in [0.4, 0.5) is 0 Å². The fourth-order valence-electron chi connectivity index (χ4n) is 1.71. The minimum absolute atomic E-state index is 0.0803. The fourth-order valence-corrected chi connectivity index (χ4v) is 1.71. The first-order chi connectivity index (χ1) is 9.58. The molecule has 1 aromatic carbocycles. The molecule has 116 valence electrons. The van der Waals surface area contributed by atoms with Crippen LogP contribution in [0.5, 0.6) is 5.75 Å². The van der Waals surface area contributed by atoms with Gasteiger partial charge in [0.25, 0.3) is 0 Å². The summed E-state index contributed by atoms with van der Waals surface area (Å²) in [5.74, 6) is -1.64. The minimum Gasteiger partial charge on any atom is -0.508 e. The number of ether oxygens (including phenoxy) is 2. The van der Waals surface area contributed by atoms with E-state index in [4.69, 9.17) is 10.5 Å². The van der Waals surface area contributed by atoms with Crippen molar-refractivity contribution in [2.75, 3.05) is 7.11 Å². The maximum absolute atomic E-state index is 12.3. The van der Waals surface area contributed by atoms with Crippen LogP contribution in [0.15, 0.2) is 24.3 Å². The molecule has 0 spiro atoms. The van der Waals surface area contributed by atoms with Crippen molar-refractivity contribution in [3.05, 3.63) is 29.8 Å². The number of esters is 2. The maximum atomic E-state index is 12.3. The molecule has 0 aliphatic heterocycles. The number of carbonyl (C=O) groups is 2. The molecule has 0 unspecified atom stereocenters. The van der Waals surface area contributed by atoms with Crippen molar-refractivity contribution in [3.63, 3.8) is 0 Å². The molecule has 0 saturated carbocycles. The average molecular weight is 295 g/mol. The third kappa shape index (κ3) is 4.46. The smallest absolute Gasteiger partial charge is 0.338 e. The first-order valence-electron chi connectivity index (χ1n) is 6.47. The van der Waals surface area contributed by atoms with Gasteiger partial charge in [-0.3, -0.25) is 0 Å². The van der Waals surface area contributed by atoms with Crippen LogP contribution < -0.4 is 5.73 Å². The van der Waals surface area contributed by atoms with Crippen LogP contribution in [0.3, 0.4) is 0 Å². The Labute approximate surface area is 123 Å². The minimum atomic E-state index is -1.93. The second-order valence-corrected chi connectivity index (χ2v) is 5.81. The lowest BCUT2D eigenvalue weighted by molar-refractivity contribution is -0.170. The highest BCUT2D eigenvalue weighted by Gasteiger charge is 2.46. The van der Waals surface area contributed by atoms with E-state index in [1.807, 2.05) is 0 Å². The van der Waals surface area contributed by atoms with Crippen LogP contribution in [-0.2, 0) is 25.5 Å². The number of phenolic OH excluding ortho intramolecular Hbond substituents is 1. The van der Waals surface area contributed by atoms with Crippen LogP contribution >= 0.6 is 0 Å². The molecule has 6 nitrogen and oxygen atoms in total. The number of phenols is 1. The summed E-state index contributed by atoms with van der Waals surface area (Å²) < 4.78 is 9.84. The molecule has 0 aliphatic carbocycles. The summed E-state index contributed by atoms with van der Waals surface area (Å²) in [6.45, 7) is 5.05. The third-order valence-corrected chi connectivity index (χ3v) is 2.73. The summed E-state index contributed by atoms with van der Waals surface area (Å²) in [7, 11) is 1.16. The third-order valence-electron chi connectivity index (χ3n) is 2.73. The number of methoxy groups -OCH3 is 1. The Morgan fingerprint density at radius 3 is 2.10 bits per heavy atom. The van der Waals surface area contributed by atoms with Gasteiger partial charge in [-0.2, -0.15) is 0 Å². The van der Waals surface area contributed by atoms with E-state index in [1.165, 1.54) is 12.1 Å². The Bertz CT molecular complexity index is 518. The standard InChI is InChI=1S/C15H21NO5/c1-14(2,3)21-13(19)15(16,12(18)20-4)9-10-5-7-11(17)8-6-10/h5-8,17H,9,16H2,1-4H3/t15-/m0/s1. The van der Waals surface area contributed by atoms with E-state index in [0.29, 0.717) is 5.56 Å². The predicted octanol–water partition coefficient (Wildman–Crippen LogP) is 1.15. The molecule has 0 saturated heterocycles. The fraction of sp³-hybridized carbons (Fsp3) is 0.467. The summed E-state index contributed by atoms with van der Waals surface area (Å²) in [5, 5.41) is 9.26. The Hall–Kier alpha value is -2.08. The maximum Gasteiger partial charge on any atom is 0.338 e. The highest BCUT2D eigenvalue weighted by Crippen LogP contribution is 2.20. The highest BCUT2D eigenvalue weighted by atomic mass is 16.6. The zero-order valence-electron chi connectivity index (χ0n) is 12.7. The average Bonchev–Trinajstić information content (AvgIpc) is 2.38. The van der Waals surface area contributed by atoms with E-state index < -0.39 is 23.1 Å². The van der Waals surface area contributed by atoms with Crippen molar-refractivity contribution in [1.82, 2.24) is 0 Å².